The minimum Gasteiger partial charge on any atom is -0.300 e. The normalized spacial score (nSPS) is 10.8. The van der Waals surface area contributed by atoms with Crippen LogP contribution in [0.5, 0.6) is 0 Å². The van der Waals surface area contributed by atoms with E-state index in [1.807, 2.05) is 29.7 Å². The molecule has 1 aromatic heterocycles. The standard InChI is InChI=1S/C12H14ClN3S/c1-3-6-16-11(14-15-12(16)17)9-4-5-10(13)8(2)7-9/h4-5,7H,3,6H2,1-2H3,(H,15,17). The number of aromatic nitrogens is 3. The molecule has 17 heavy (non-hydrogen) atoms. The fourth-order valence-corrected chi connectivity index (χ4v) is 2.09. The summed E-state index contributed by atoms with van der Waals surface area (Å²) in [4.78, 5) is 0. The molecular formula is C12H14ClN3S. The Morgan fingerprint density at radius 2 is 2.24 bits per heavy atom. The Morgan fingerprint density at radius 1 is 1.47 bits per heavy atom. The number of hydrogen-bond acceptors (Lipinski definition) is 2. The SMILES string of the molecule is CCCn1c(-c2ccc(Cl)c(C)c2)n[nH]c1=S. The van der Waals surface area contributed by atoms with E-state index in [0.717, 1.165) is 34.9 Å². The zero-order valence-corrected chi connectivity index (χ0v) is 11.4. The predicted octanol–water partition coefficient (Wildman–Crippen LogP) is 3.98. The second-order valence-electron chi connectivity index (χ2n) is 3.97. The van der Waals surface area contributed by atoms with Gasteiger partial charge in [-0.3, -0.25) is 5.10 Å². The van der Waals surface area contributed by atoms with Gasteiger partial charge in [0.05, 0.1) is 0 Å². The Morgan fingerprint density at radius 3 is 2.88 bits per heavy atom. The zero-order valence-electron chi connectivity index (χ0n) is 9.83. The van der Waals surface area contributed by atoms with Crippen LogP contribution in [-0.4, -0.2) is 14.8 Å². The van der Waals surface area contributed by atoms with E-state index in [-0.39, 0.29) is 0 Å². The highest BCUT2D eigenvalue weighted by atomic mass is 35.5. The Balaban J connectivity index is 2.52. The minimum absolute atomic E-state index is 0.662. The lowest BCUT2D eigenvalue weighted by Crippen LogP contribution is -2.00. The molecule has 0 saturated heterocycles. The van der Waals surface area contributed by atoms with Crippen LogP contribution < -0.4 is 0 Å². The van der Waals surface area contributed by atoms with Crippen LogP contribution in [0.25, 0.3) is 11.4 Å². The summed E-state index contributed by atoms with van der Waals surface area (Å²) < 4.78 is 2.67. The molecule has 2 rings (SSSR count). The van der Waals surface area contributed by atoms with Crippen LogP contribution in [0.1, 0.15) is 18.9 Å². The van der Waals surface area contributed by atoms with E-state index in [1.165, 1.54) is 0 Å². The molecule has 0 radical (unpaired) electrons. The van der Waals surface area contributed by atoms with Crippen molar-refractivity contribution >= 4 is 23.8 Å². The Hall–Kier alpha value is -1.13. The molecule has 0 bridgehead atoms. The van der Waals surface area contributed by atoms with Crippen LogP contribution >= 0.6 is 23.8 Å². The van der Waals surface area contributed by atoms with E-state index >= 15 is 0 Å². The summed E-state index contributed by atoms with van der Waals surface area (Å²) in [5.74, 6) is 0.872. The van der Waals surface area contributed by atoms with Gasteiger partial charge in [0.1, 0.15) is 0 Å². The first kappa shape index (κ1) is 12.3. The van der Waals surface area contributed by atoms with Gasteiger partial charge >= 0.3 is 0 Å². The fourth-order valence-electron chi connectivity index (χ4n) is 1.75. The van der Waals surface area contributed by atoms with Crippen molar-refractivity contribution < 1.29 is 0 Å². The maximum Gasteiger partial charge on any atom is 0.195 e. The van der Waals surface area contributed by atoms with Crippen molar-refractivity contribution in [2.45, 2.75) is 26.8 Å². The number of rotatable bonds is 3. The van der Waals surface area contributed by atoms with Gasteiger partial charge in [-0.1, -0.05) is 18.5 Å². The van der Waals surface area contributed by atoms with Crippen LogP contribution in [-0.2, 0) is 6.54 Å². The Labute approximate surface area is 110 Å². The second kappa shape index (κ2) is 5.02. The number of nitrogens with zero attached hydrogens (tertiary/aromatic N) is 2. The third kappa shape index (κ3) is 2.42. The quantitative estimate of drug-likeness (QED) is 0.854. The third-order valence-corrected chi connectivity index (χ3v) is 3.36. The van der Waals surface area contributed by atoms with Crippen LogP contribution in [0.4, 0.5) is 0 Å². The molecule has 2 aromatic rings. The molecule has 0 aliphatic carbocycles. The summed E-state index contributed by atoms with van der Waals surface area (Å²) in [6.07, 6.45) is 1.02. The molecule has 1 aromatic carbocycles. The molecule has 5 heteroatoms. The number of H-pyrrole nitrogens is 1. The summed E-state index contributed by atoms with van der Waals surface area (Å²) in [5, 5.41) is 7.88. The Kier molecular flexibility index (Phi) is 3.64. The number of halogens is 1. The van der Waals surface area contributed by atoms with E-state index in [2.05, 4.69) is 17.1 Å². The first-order valence-electron chi connectivity index (χ1n) is 5.55. The lowest BCUT2D eigenvalue weighted by atomic mass is 10.1. The molecule has 90 valence electrons. The summed E-state index contributed by atoms with van der Waals surface area (Å²) in [6.45, 7) is 4.97. The van der Waals surface area contributed by atoms with Crippen LogP contribution in [0.2, 0.25) is 5.02 Å². The van der Waals surface area contributed by atoms with Crippen LogP contribution in [0.3, 0.4) is 0 Å². The number of hydrogen-bond donors (Lipinski definition) is 1. The highest BCUT2D eigenvalue weighted by Gasteiger charge is 2.09. The maximum absolute atomic E-state index is 6.02. The van der Waals surface area contributed by atoms with Crippen molar-refractivity contribution in [1.82, 2.24) is 14.8 Å². The molecule has 0 fully saturated rings. The van der Waals surface area contributed by atoms with Crippen molar-refractivity contribution in [3.05, 3.63) is 33.6 Å². The van der Waals surface area contributed by atoms with E-state index in [4.69, 9.17) is 23.8 Å². The molecule has 1 N–H and O–H groups in total. The lowest BCUT2D eigenvalue weighted by Gasteiger charge is -2.06. The topological polar surface area (TPSA) is 33.6 Å². The van der Waals surface area contributed by atoms with Gasteiger partial charge in [-0.05, 0) is 49.3 Å². The smallest absolute Gasteiger partial charge is 0.195 e. The van der Waals surface area contributed by atoms with Crippen LogP contribution in [0, 0.1) is 11.7 Å². The van der Waals surface area contributed by atoms with Gasteiger partial charge in [0.15, 0.2) is 10.6 Å². The van der Waals surface area contributed by atoms with Gasteiger partial charge in [-0.25, -0.2) is 0 Å². The van der Waals surface area contributed by atoms with Crippen molar-refractivity contribution in [1.29, 1.82) is 0 Å². The maximum atomic E-state index is 6.02. The summed E-state index contributed by atoms with van der Waals surface area (Å²) >= 11 is 11.2. The van der Waals surface area contributed by atoms with Gasteiger partial charge in [-0.2, -0.15) is 5.10 Å². The monoisotopic (exact) mass is 267 g/mol. The molecule has 0 unspecified atom stereocenters. The largest absolute Gasteiger partial charge is 0.300 e. The highest BCUT2D eigenvalue weighted by Crippen LogP contribution is 2.23. The van der Waals surface area contributed by atoms with Gasteiger partial charge in [0, 0.05) is 17.1 Å². The van der Waals surface area contributed by atoms with Gasteiger partial charge in [0.2, 0.25) is 0 Å². The Bertz CT molecular complexity index is 586. The summed E-state index contributed by atoms with van der Waals surface area (Å²) in [7, 11) is 0. The van der Waals surface area contributed by atoms with Gasteiger partial charge < -0.3 is 4.57 Å². The van der Waals surface area contributed by atoms with E-state index in [0.29, 0.717) is 4.77 Å². The predicted molar refractivity (Wildman–Crippen MR) is 72.9 cm³/mol. The van der Waals surface area contributed by atoms with E-state index in [1.54, 1.807) is 0 Å². The number of benzene rings is 1. The number of aryl methyl sites for hydroxylation is 1. The number of aromatic amines is 1. The molecule has 0 saturated carbocycles. The van der Waals surface area contributed by atoms with Crippen molar-refractivity contribution in [2.75, 3.05) is 0 Å². The number of nitrogens with one attached hydrogen (secondary N) is 1. The van der Waals surface area contributed by atoms with Gasteiger partial charge in [-0.15, -0.1) is 0 Å². The van der Waals surface area contributed by atoms with Crippen LogP contribution in [0.15, 0.2) is 18.2 Å². The molecule has 0 aliphatic rings. The fraction of sp³-hybridized carbons (Fsp3) is 0.333. The highest BCUT2D eigenvalue weighted by molar-refractivity contribution is 7.71. The third-order valence-electron chi connectivity index (χ3n) is 2.62. The lowest BCUT2D eigenvalue weighted by molar-refractivity contribution is 0.675. The second-order valence-corrected chi connectivity index (χ2v) is 4.76. The van der Waals surface area contributed by atoms with Crippen molar-refractivity contribution in [2.24, 2.45) is 0 Å². The first-order chi connectivity index (χ1) is 8.13. The average molecular weight is 268 g/mol. The first-order valence-corrected chi connectivity index (χ1v) is 6.34. The molecule has 0 atom stereocenters. The minimum atomic E-state index is 0.662. The van der Waals surface area contributed by atoms with Gasteiger partial charge in [0.25, 0.3) is 0 Å². The van der Waals surface area contributed by atoms with Crippen molar-refractivity contribution in [3.63, 3.8) is 0 Å². The molecular weight excluding hydrogens is 254 g/mol. The summed E-state index contributed by atoms with van der Waals surface area (Å²) in [6, 6.07) is 5.88. The average Bonchev–Trinajstić information content (AvgIpc) is 2.66. The van der Waals surface area contributed by atoms with E-state index < -0.39 is 0 Å². The molecule has 0 amide bonds. The molecule has 0 spiro atoms. The molecule has 3 nitrogen and oxygen atoms in total. The summed E-state index contributed by atoms with van der Waals surface area (Å²) in [5.41, 5.74) is 2.08. The van der Waals surface area contributed by atoms with E-state index in [9.17, 15) is 0 Å². The van der Waals surface area contributed by atoms with Crippen molar-refractivity contribution in [3.8, 4) is 11.4 Å². The molecule has 0 aliphatic heterocycles. The molecule has 1 heterocycles. The zero-order chi connectivity index (χ0) is 12.4.